The Morgan fingerprint density at radius 3 is 2.04 bits per heavy atom. The van der Waals surface area contributed by atoms with Crippen molar-refractivity contribution in [2.24, 2.45) is 11.8 Å². The largest absolute Gasteiger partial charge is 0.493 e. The predicted octanol–water partition coefficient (Wildman–Crippen LogP) is 16.7. The minimum atomic E-state index is -0.913. The van der Waals surface area contributed by atoms with Crippen molar-refractivity contribution in [3.05, 3.63) is 98.9 Å². The number of ether oxygens (including phenoxy) is 1. The molecule has 1 N–H and O–H groups in total. The second-order valence-corrected chi connectivity index (χ2v) is 13.9. The summed E-state index contributed by atoms with van der Waals surface area (Å²) in [4.78, 5) is 12.4. The van der Waals surface area contributed by atoms with Gasteiger partial charge in [0.25, 0.3) is 0 Å². The summed E-state index contributed by atoms with van der Waals surface area (Å²) in [6.07, 6.45) is 8.97. The fourth-order valence-corrected chi connectivity index (χ4v) is 6.17. The summed E-state index contributed by atoms with van der Waals surface area (Å²) < 4.78 is 19.8. The molecular weight excluding hydrogens is 691 g/mol. The van der Waals surface area contributed by atoms with Gasteiger partial charge in [0.1, 0.15) is 11.6 Å². The van der Waals surface area contributed by atoms with E-state index in [2.05, 4.69) is 68.4 Å². The lowest BCUT2D eigenvalue weighted by Crippen LogP contribution is -2.08. The van der Waals surface area contributed by atoms with E-state index in [0.717, 1.165) is 50.1 Å². The zero-order valence-electron chi connectivity index (χ0n) is 37.0. The van der Waals surface area contributed by atoms with Crippen LogP contribution in [0.2, 0.25) is 5.02 Å². The zero-order valence-corrected chi connectivity index (χ0v) is 37.8. The first kappa shape index (κ1) is 52.7. The molecule has 0 radical (unpaired) electrons. The van der Waals surface area contributed by atoms with Crippen molar-refractivity contribution in [1.82, 2.24) is 0 Å². The molecule has 3 aromatic carbocycles. The van der Waals surface area contributed by atoms with Crippen molar-refractivity contribution in [2.45, 2.75) is 156 Å². The molecule has 3 rings (SSSR count). The average molecular weight is 768 g/mol. The van der Waals surface area contributed by atoms with Gasteiger partial charge in [-0.2, -0.15) is 0 Å². The molecule has 0 fully saturated rings. The van der Waals surface area contributed by atoms with Crippen molar-refractivity contribution in [3.63, 3.8) is 0 Å². The van der Waals surface area contributed by atoms with Gasteiger partial charge in [-0.3, -0.25) is 0 Å². The van der Waals surface area contributed by atoms with E-state index in [1.165, 1.54) is 43.4 Å². The van der Waals surface area contributed by atoms with Gasteiger partial charge < -0.3 is 9.84 Å². The molecule has 0 saturated carbocycles. The first-order valence-corrected chi connectivity index (χ1v) is 21.0. The molecule has 0 spiro atoms. The van der Waals surface area contributed by atoms with Crippen LogP contribution in [-0.4, -0.2) is 17.7 Å². The molecule has 0 aliphatic carbocycles. The number of halogens is 2. The smallest absolute Gasteiger partial charge is 0.331 e. The van der Waals surface area contributed by atoms with Crippen molar-refractivity contribution < 1.29 is 19.0 Å². The van der Waals surface area contributed by atoms with Gasteiger partial charge in [-0.25, -0.2) is 9.18 Å². The molecule has 0 bridgehead atoms. The molecule has 0 amide bonds. The molecule has 5 heteroatoms. The predicted molar refractivity (Wildman–Crippen MR) is 240 cm³/mol. The normalized spacial score (nSPS) is 12.3. The molecule has 1 atom stereocenters. The number of benzene rings is 3. The van der Waals surface area contributed by atoms with E-state index in [1.54, 1.807) is 6.07 Å². The maximum Gasteiger partial charge on any atom is 0.331 e. The maximum absolute atomic E-state index is 13.7. The van der Waals surface area contributed by atoms with Gasteiger partial charge >= 0.3 is 5.97 Å². The van der Waals surface area contributed by atoms with Gasteiger partial charge in [0.15, 0.2) is 0 Å². The van der Waals surface area contributed by atoms with Crippen LogP contribution in [0, 0.1) is 24.6 Å². The quantitative estimate of drug-likeness (QED) is 0.101. The van der Waals surface area contributed by atoms with Gasteiger partial charge in [-0.05, 0) is 122 Å². The number of hydrogen-bond acceptors (Lipinski definition) is 2. The van der Waals surface area contributed by atoms with Crippen LogP contribution in [0.25, 0.3) is 21.9 Å². The van der Waals surface area contributed by atoms with Crippen molar-refractivity contribution in [1.29, 1.82) is 0 Å². The summed E-state index contributed by atoms with van der Waals surface area (Å²) in [5, 5.41) is 12.4. The Hall–Kier alpha value is -3.37. The monoisotopic (exact) mass is 767 g/mol. The number of rotatable bonds is 14. The second kappa shape index (κ2) is 29.9. The minimum absolute atomic E-state index is 0.288. The summed E-state index contributed by atoms with van der Waals surface area (Å²) in [6.45, 7) is 33.9. The van der Waals surface area contributed by atoms with Gasteiger partial charge in [0.05, 0.1) is 6.61 Å². The number of carboxylic acid groups (broad SMARTS) is 1. The summed E-state index contributed by atoms with van der Waals surface area (Å²) >= 11 is 6.84. The molecule has 3 aromatic rings. The average Bonchev–Trinajstić information content (AvgIpc) is 3.16. The highest BCUT2D eigenvalue weighted by atomic mass is 35.5. The second-order valence-electron chi connectivity index (χ2n) is 13.5. The van der Waals surface area contributed by atoms with Crippen LogP contribution >= 0.6 is 11.6 Å². The number of carboxylic acids is 1. The molecule has 0 aliphatic rings. The van der Waals surface area contributed by atoms with Crippen LogP contribution in [0.5, 0.6) is 5.75 Å². The van der Waals surface area contributed by atoms with E-state index in [9.17, 15) is 14.3 Å². The zero-order chi connectivity index (χ0) is 42.0. The van der Waals surface area contributed by atoms with Gasteiger partial charge in [0, 0.05) is 21.5 Å². The van der Waals surface area contributed by atoms with E-state index >= 15 is 0 Å². The lowest BCUT2D eigenvalue weighted by molar-refractivity contribution is -0.132. The Bertz CT molecular complexity index is 1610. The Balaban J connectivity index is 0. The summed E-state index contributed by atoms with van der Waals surface area (Å²) in [5.41, 5.74) is 7.51. The first-order valence-electron chi connectivity index (χ1n) is 20.6. The van der Waals surface area contributed by atoms with Crippen LogP contribution in [0.3, 0.4) is 0 Å². The van der Waals surface area contributed by atoms with Crippen LogP contribution < -0.4 is 4.74 Å². The number of carbonyl (C=O) groups is 1. The van der Waals surface area contributed by atoms with Crippen LogP contribution in [0.4, 0.5) is 4.39 Å². The molecule has 0 aliphatic heterocycles. The first-order chi connectivity index (χ1) is 25.7. The SMILES string of the molecule is C/C=C(C)\C(=C(\C)C(C)C)c1c(Cl)ccc(/C(CCCOc2cccc3cc(F)ccc23)=C(\CC)C(=O)O)c1C.CC.CC.CCC.CCCC(C)CC. The summed E-state index contributed by atoms with van der Waals surface area (Å²) in [6, 6.07) is 14.0. The summed E-state index contributed by atoms with van der Waals surface area (Å²) in [5.74, 6) is 0.757. The van der Waals surface area contributed by atoms with E-state index in [4.69, 9.17) is 16.3 Å². The number of allylic oxidation sites excluding steroid dienone is 5. The third-order valence-electron chi connectivity index (χ3n) is 9.16. The van der Waals surface area contributed by atoms with Gasteiger partial charge in [-0.1, -0.05) is 150 Å². The van der Waals surface area contributed by atoms with Crippen LogP contribution in [0.1, 0.15) is 165 Å². The molecule has 54 heavy (non-hydrogen) atoms. The van der Waals surface area contributed by atoms with Crippen molar-refractivity contribution >= 4 is 39.5 Å². The molecule has 0 heterocycles. The maximum atomic E-state index is 13.7. The van der Waals surface area contributed by atoms with Crippen LogP contribution in [0.15, 0.2) is 71.3 Å². The van der Waals surface area contributed by atoms with Crippen molar-refractivity contribution in [3.8, 4) is 5.75 Å². The fourth-order valence-electron chi connectivity index (χ4n) is 5.87. The van der Waals surface area contributed by atoms with Gasteiger partial charge in [-0.15, -0.1) is 0 Å². The molecule has 304 valence electrons. The third kappa shape index (κ3) is 17.0. The van der Waals surface area contributed by atoms with E-state index in [0.29, 0.717) is 48.1 Å². The number of hydrogen-bond donors (Lipinski definition) is 1. The summed E-state index contributed by atoms with van der Waals surface area (Å²) in [7, 11) is 0. The standard InChI is InChI=1S/C35H40ClFO3.C7H16.C3H8.2C2H6/c1-8-22(5)33(23(6)21(3)4)34-24(7)28(17-18-31(34)36)30(27(9-2)35(38)39)13-11-19-40-32-14-10-12-25-20-26(37)15-16-29(25)32;1-4-6-7(3)5-2;1-3-2;2*1-2/h8,10,12,14-18,20-21H,9,11,13,19H2,1-7H3,(H,38,39);7H,4-6H2,1-3H3;3H2,1-2H3;2*1-2H3/b22-8-,30-27+,33-23+;;;;. The number of fused-ring (bicyclic) bond motifs is 1. The topological polar surface area (TPSA) is 46.5 Å². The lowest BCUT2D eigenvalue weighted by atomic mass is 9.83. The Morgan fingerprint density at radius 1 is 0.944 bits per heavy atom. The van der Waals surface area contributed by atoms with E-state index in [1.807, 2.05) is 78.8 Å². The van der Waals surface area contributed by atoms with Gasteiger partial charge in [0.2, 0.25) is 0 Å². The Labute approximate surface area is 336 Å². The van der Waals surface area contributed by atoms with Crippen molar-refractivity contribution in [2.75, 3.05) is 6.61 Å². The van der Waals surface area contributed by atoms with E-state index < -0.39 is 5.97 Å². The molecule has 1 unspecified atom stereocenters. The highest BCUT2D eigenvalue weighted by Crippen LogP contribution is 2.40. The highest BCUT2D eigenvalue weighted by Gasteiger charge is 2.22. The van der Waals surface area contributed by atoms with Crippen LogP contribution in [-0.2, 0) is 4.79 Å². The molecular formula is C49H76ClFO3. The third-order valence-corrected chi connectivity index (χ3v) is 9.48. The molecule has 3 nitrogen and oxygen atoms in total. The molecule has 0 saturated heterocycles. The fraction of sp³-hybridized carbons (Fsp3) is 0.531. The highest BCUT2D eigenvalue weighted by molar-refractivity contribution is 6.33. The molecule has 0 aromatic heterocycles. The minimum Gasteiger partial charge on any atom is -0.493 e. The Morgan fingerprint density at radius 2 is 1.56 bits per heavy atom. The lowest BCUT2D eigenvalue weighted by Gasteiger charge is -2.23. The van der Waals surface area contributed by atoms with E-state index in [-0.39, 0.29) is 5.82 Å². The number of aliphatic carboxylic acids is 1. The Kier molecular flexibility index (Phi) is 29.2.